The zero-order valence-corrected chi connectivity index (χ0v) is 16.7. The molecule has 0 saturated heterocycles. The number of fused-ring (bicyclic) bond motifs is 2. The SMILES string of the molecule is O=c1[nH][c-]nc2nc3c(=O)[nH]c([O-])nc3nc12.[K+].[K+].[OH-]. The standard InChI is InChI=1S/C8H3N6O3.2K.H2O/c15-6-2-4(9-1-10-6)11-3-5(12-2)13-8(17)14-7(3)16;;;/h(H,9,10,11,15)(H2,12,13,14,16,17);;;1H2/q-1;2*+1;/p-2. The number of aromatic amines is 2. The smallest absolute Gasteiger partial charge is 0.870 e. The zero-order chi connectivity index (χ0) is 12.0. The quantitative estimate of drug-likeness (QED) is 0.233. The van der Waals surface area contributed by atoms with Crippen LogP contribution in [0, 0.1) is 6.33 Å². The Morgan fingerprint density at radius 1 is 0.950 bits per heavy atom. The van der Waals surface area contributed by atoms with Crippen molar-refractivity contribution in [3.8, 4) is 6.01 Å². The second kappa shape index (κ2) is 8.14. The van der Waals surface area contributed by atoms with Gasteiger partial charge < -0.3 is 30.3 Å². The zero-order valence-electron chi connectivity index (χ0n) is 10.5. The summed E-state index contributed by atoms with van der Waals surface area (Å²) < 4.78 is 0. The molecule has 0 bridgehead atoms. The molecule has 0 atom stereocenters. The molecule has 0 spiro atoms. The van der Waals surface area contributed by atoms with Crippen LogP contribution in [0.15, 0.2) is 9.59 Å². The average Bonchev–Trinajstić information content (AvgIpc) is 2.28. The third-order valence-corrected chi connectivity index (χ3v) is 2.05. The number of nitrogens with zero attached hydrogens (tertiary/aromatic N) is 4. The molecule has 0 aliphatic carbocycles. The van der Waals surface area contributed by atoms with Crippen molar-refractivity contribution in [2.75, 3.05) is 0 Å². The molecule has 0 aliphatic heterocycles. The molecule has 10 nitrogen and oxygen atoms in total. The Kier molecular flexibility index (Phi) is 8.30. The first-order valence-electron chi connectivity index (χ1n) is 4.40. The first-order valence-corrected chi connectivity index (χ1v) is 4.40. The molecule has 20 heavy (non-hydrogen) atoms. The van der Waals surface area contributed by atoms with Gasteiger partial charge in [-0.25, -0.2) is 9.97 Å². The Bertz CT molecular complexity index is 863. The Hall–Kier alpha value is 0.393. The Morgan fingerprint density at radius 3 is 2.25 bits per heavy atom. The molecule has 0 radical (unpaired) electrons. The number of aromatic nitrogens is 6. The van der Waals surface area contributed by atoms with Crippen molar-refractivity contribution in [2.45, 2.75) is 0 Å². The Labute approximate surface area is 195 Å². The Morgan fingerprint density at radius 2 is 1.55 bits per heavy atom. The largest absolute Gasteiger partial charge is 1.00 e. The maximum Gasteiger partial charge on any atom is 1.00 e. The van der Waals surface area contributed by atoms with E-state index in [0.717, 1.165) is 0 Å². The molecule has 12 heteroatoms. The molecular weight excluding hydrogens is 322 g/mol. The van der Waals surface area contributed by atoms with Crippen LogP contribution >= 0.6 is 0 Å². The Balaban J connectivity index is 0.00000120. The summed E-state index contributed by atoms with van der Waals surface area (Å²) in [7, 11) is 0. The fourth-order valence-electron chi connectivity index (χ4n) is 1.35. The molecule has 3 aromatic rings. The fourth-order valence-corrected chi connectivity index (χ4v) is 1.35. The molecule has 0 aromatic carbocycles. The number of nitrogens with one attached hydrogen (secondary N) is 2. The van der Waals surface area contributed by atoms with Gasteiger partial charge in [-0.1, -0.05) is 0 Å². The van der Waals surface area contributed by atoms with E-state index in [4.69, 9.17) is 0 Å². The van der Waals surface area contributed by atoms with Crippen LogP contribution in [0.2, 0.25) is 0 Å². The van der Waals surface area contributed by atoms with Gasteiger partial charge in [0.05, 0.1) is 17.2 Å². The second-order valence-electron chi connectivity index (χ2n) is 3.12. The van der Waals surface area contributed by atoms with Gasteiger partial charge in [0.15, 0.2) is 16.7 Å². The van der Waals surface area contributed by atoms with E-state index in [1.54, 1.807) is 0 Å². The summed E-state index contributed by atoms with van der Waals surface area (Å²) in [5.74, 6) is 0. The van der Waals surface area contributed by atoms with Crippen LogP contribution in [0.5, 0.6) is 6.01 Å². The minimum atomic E-state index is -0.844. The van der Waals surface area contributed by atoms with Gasteiger partial charge in [0.1, 0.15) is 0 Å². The van der Waals surface area contributed by atoms with Crippen LogP contribution in [-0.2, 0) is 0 Å². The normalized spacial score (nSPS) is 9.40. The van der Waals surface area contributed by atoms with Crippen molar-refractivity contribution < 1.29 is 113 Å². The molecule has 3 rings (SSSR count). The van der Waals surface area contributed by atoms with Gasteiger partial charge in [0.2, 0.25) is 0 Å². The number of rotatable bonds is 0. The van der Waals surface area contributed by atoms with E-state index in [1.807, 2.05) is 4.98 Å². The number of hydrogen-bond acceptors (Lipinski definition) is 8. The van der Waals surface area contributed by atoms with Crippen LogP contribution in [0.3, 0.4) is 0 Å². The summed E-state index contributed by atoms with van der Waals surface area (Å²) in [4.78, 5) is 41.6. The van der Waals surface area contributed by atoms with E-state index >= 15 is 0 Å². The molecule has 0 unspecified atom stereocenters. The number of hydrogen-bond donors (Lipinski definition) is 2. The van der Waals surface area contributed by atoms with Crippen molar-refractivity contribution in [3.05, 3.63) is 27.0 Å². The van der Waals surface area contributed by atoms with Gasteiger partial charge in [0, 0.05) is 6.33 Å². The molecule has 3 heterocycles. The monoisotopic (exact) mass is 325 g/mol. The summed E-state index contributed by atoms with van der Waals surface area (Å²) in [6.45, 7) is 0. The van der Waals surface area contributed by atoms with Gasteiger partial charge in [-0.05, 0) is 0 Å². The molecule has 3 N–H and O–H groups in total. The molecule has 0 saturated carbocycles. The maximum absolute atomic E-state index is 11.4. The van der Waals surface area contributed by atoms with Gasteiger partial charge in [0.25, 0.3) is 5.56 Å². The van der Waals surface area contributed by atoms with Crippen molar-refractivity contribution in [1.29, 1.82) is 0 Å². The fraction of sp³-hybridized carbons (Fsp3) is 0. The molecule has 92 valence electrons. The van der Waals surface area contributed by atoms with Gasteiger partial charge >= 0.3 is 103 Å². The van der Waals surface area contributed by atoms with Crippen molar-refractivity contribution in [2.24, 2.45) is 0 Å². The van der Waals surface area contributed by atoms with Gasteiger partial charge in [-0.2, -0.15) is 0 Å². The van der Waals surface area contributed by atoms with E-state index in [1.165, 1.54) is 0 Å². The van der Waals surface area contributed by atoms with Crippen molar-refractivity contribution in [3.63, 3.8) is 0 Å². The molecule has 3 aromatic heterocycles. The van der Waals surface area contributed by atoms with E-state index in [9.17, 15) is 14.7 Å². The van der Waals surface area contributed by atoms with Gasteiger partial charge in [-0.15, -0.1) is 0 Å². The molecule has 0 aliphatic rings. The minimum Gasteiger partial charge on any atom is -0.870 e. The van der Waals surface area contributed by atoms with Crippen LogP contribution in [0.4, 0.5) is 0 Å². The summed E-state index contributed by atoms with van der Waals surface area (Å²) >= 11 is 0. The van der Waals surface area contributed by atoms with E-state index in [2.05, 4.69) is 31.2 Å². The van der Waals surface area contributed by atoms with Crippen molar-refractivity contribution in [1.82, 2.24) is 29.9 Å². The summed E-state index contributed by atoms with van der Waals surface area (Å²) in [5.41, 5.74) is -1.77. The van der Waals surface area contributed by atoms with Crippen molar-refractivity contribution >= 4 is 22.3 Å². The third kappa shape index (κ3) is 3.77. The van der Waals surface area contributed by atoms with E-state index < -0.39 is 17.1 Å². The topological polar surface area (TPSA) is 170 Å². The summed E-state index contributed by atoms with van der Waals surface area (Å²) in [6, 6.07) is -0.844. The molecule has 0 amide bonds. The van der Waals surface area contributed by atoms with Crippen LogP contribution < -0.4 is 119 Å². The molecule has 0 fully saturated rings. The third-order valence-electron chi connectivity index (χ3n) is 2.05. The van der Waals surface area contributed by atoms with Crippen LogP contribution in [0.25, 0.3) is 22.3 Å². The first kappa shape index (κ1) is 20.4. The minimum absolute atomic E-state index is 0. The predicted molar refractivity (Wildman–Crippen MR) is 54.1 cm³/mol. The predicted octanol–water partition coefficient (Wildman–Crippen LogP) is -8.35. The number of H-pyrrole nitrogens is 2. The van der Waals surface area contributed by atoms with Gasteiger partial charge in [-0.3, -0.25) is 9.78 Å². The van der Waals surface area contributed by atoms with Crippen LogP contribution in [0.1, 0.15) is 0 Å². The summed E-state index contributed by atoms with van der Waals surface area (Å²) in [5, 5.41) is 11.0. The second-order valence-corrected chi connectivity index (χ2v) is 3.12. The summed E-state index contributed by atoms with van der Waals surface area (Å²) in [6.07, 6.45) is 2.21. The first-order chi connectivity index (χ1) is 8.15. The van der Waals surface area contributed by atoms with Crippen LogP contribution in [-0.4, -0.2) is 35.4 Å². The van der Waals surface area contributed by atoms with E-state index in [0.29, 0.717) is 0 Å². The maximum atomic E-state index is 11.4. The van der Waals surface area contributed by atoms with E-state index in [-0.39, 0.29) is 131 Å². The average molecular weight is 325 g/mol. The molecular formula is C8H3K2N6O4-.